The minimum Gasteiger partial charge on any atom is -0.508 e. The summed E-state index contributed by atoms with van der Waals surface area (Å²) in [5.74, 6) is -1.64. The van der Waals surface area contributed by atoms with E-state index in [4.69, 9.17) is 16.2 Å². The number of hydrogen-bond acceptors (Lipinski definition) is 8. The summed E-state index contributed by atoms with van der Waals surface area (Å²) in [5.41, 5.74) is 14.2. The van der Waals surface area contributed by atoms with Crippen molar-refractivity contribution < 1.29 is 29.3 Å². The molecule has 3 atom stereocenters. The Morgan fingerprint density at radius 1 is 1.08 bits per heavy atom. The van der Waals surface area contributed by atoms with Gasteiger partial charge in [0.1, 0.15) is 23.6 Å². The number of rotatable bonds is 6. The van der Waals surface area contributed by atoms with Crippen molar-refractivity contribution in [3.05, 3.63) is 47.5 Å². The van der Waals surface area contributed by atoms with Gasteiger partial charge >= 0.3 is 5.97 Å². The Morgan fingerprint density at radius 2 is 1.66 bits per heavy atom. The molecule has 2 amide bonds. The van der Waals surface area contributed by atoms with Gasteiger partial charge in [0.25, 0.3) is 0 Å². The summed E-state index contributed by atoms with van der Waals surface area (Å²) < 4.78 is 5.50. The zero-order valence-electron chi connectivity index (χ0n) is 22.1. The molecule has 2 aromatic rings. The number of nitrogens with two attached hydrogens (primary N) is 2. The van der Waals surface area contributed by atoms with E-state index in [1.807, 2.05) is 13.8 Å². The number of benzene rings is 2. The number of aromatic hydroxyl groups is 2. The third-order valence-corrected chi connectivity index (χ3v) is 6.64. The standard InChI is InChI=1S/C28H38N4O6/c1-16(2)15-38-28(37)23-14-20-12-18(7-9-25(20)34)17-6-8-24(33)19(11-17)13-21(30)26(35)31-22(5-4-10-29)27(36)32(23)3/h6-9,11-12,16,21-23,33-34H,4-5,10,13-15,29-30H2,1-3H3,(H,31,35)/t21-,22-,23-/m0/s1. The minimum absolute atomic E-state index is 0.0104. The van der Waals surface area contributed by atoms with Gasteiger partial charge in [0.05, 0.1) is 12.6 Å². The SMILES string of the molecule is CC(C)COC(=O)[C@@H]1Cc2cc(ccc2O)-c2ccc(O)c(c2)C[C@H](N)C(=O)N[C@@H](CCCN)C(=O)N1C. The zero-order chi connectivity index (χ0) is 28.0. The number of phenolic OH excluding ortho intramolecular Hbond substituents is 2. The van der Waals surface area contributed by atoms with Crippen molar-refractivity contribution in [2.75, 3.05) is 20.2 Å². The average molecular weight is 527 g/mol. The van der Waals surface area contributed by atoms with Gasteiger partial charge in [-0.15, -0.1) is 0 Å². The van der Waals surface area contributed by atoms with Crippen molar-refractivity contribution in [1.29, 1.82) is 0 Å². The van der Waals surface area contributed by atoms with Crippen LogP contribution in [0.25, 0.3) is 11.1 Å². The second-order valence-electron chi connectivity index (χ2n) is 10.2. The fourth-order valence-corrected chi connectivity index (χ4v) is 4.38. The normalized spacial score (nSPS) is 20.5. The first-order valence-electron chi connectivity index (χ1n) is 12.8. The quantitative estimate of drug-likeness (QED) is 0.352. The summed E-state index contributed by atoms with van der Waals surface area (Å²) in [5, 5.41) is 23.8. The van der Waals surface area contributed by atoms with E-state index in [-0.39, 0.29) is 43.3 Å². The molecule has 206 valence electrons. The highest BCUT2D eigenvalue weighted by Gasteiger charge is 2.34. The van der Waals surface area contributed by atoms with Crippen LogP contribution in [-0.4, -0.2) is 71.2 Å². The molecule has 1 heterocycles. The van der Waals surface area contributed by atoms with E-state index < -0.39 is 35.9 Å². The summed E-state index contributed by atoms with van der Waals surface area (Å²) in [6.07, 6.45) is 0.719. The molecule has 0 aliphatic carbocycles. The molecule has 0 aromatic heterocycles. The minimum atomic E-state index is -1.06. The van der Waals surface area contributed by atoms with Crippen LogP contribution in [0, 0.1) is 5.92 Å². The van der Waals surface area contributed by atoms with Gasteiger partial charge in [-0.3, -0.25) is 9.59 Å². The maximum Gasteiger partial charge on any atom is 0.329 e. The predicted molar refractivity (Wildman–Crippen MR) is 143 cm³/mol. The molecule has 0 saturated heterocycles. The third kappa shape index (κ3) is 7.02. The molecule has 0 spiro atoms. The fraction of sp³-hybridized carbons (Fsp3) is 0.464. The summed E-state index contributed by atoms with van der Waals surface area (Å²) in [4.78, 5) is 41.1. The van der Waals surface area contributed by atoms with Gasteiger partial charge in [-0.05, 0) is 71.8 Å². The van der Waals surface area contributed by atoms with Crippen LogP contribution in [0.2, 0.25) is 0 Å². The van der Waals surface area contributed by atoms with Crippen molar-refractivity contribution in [3.8, 4) is 22.6 Å². The Kier molecular flexibility index (Phi) is 9.71. The van der Waals surface area contributed by atoms with E-state index in [1.165, 1.54) is 24.1 Å². The molecule has 0 radical (unpaired) electrons. The molecular formula is C28H38N4O6. The van der Waals surface area contributed by atoms with Crippen LogP contribution in [0.3, 0.4) is 0 Å². The Hall–Kier alpha value is -3.63. The van der Waals surface area contributed by atoms with E-state index in [0.29, 0.717) is 24.1 Å². The summed E-state index contributed by atoms with van der Waals surface area (Å²) in [7, 11) is 1.48. The van der Waals surface area contributed by atoms with Gasteiger partial charge in [0, 0.05) is 19.9 Å². The van der Waals surface area contributed by atoms with Crippen LogP contribution >= 0.6 is 0 Å². The second-order valence-corrected chi connectivity index (χ2v) is 10.2. The first-order valence-corrected chi connectivity index (χ1v) is 12.8. The van der Waals surface area contributed by atoms with Gasteiger partial charge < -0.3 is 36.6 Å². The van der Waals surface area contributed by atoms with Gasteiger partial charge in [0.15, 0.2) is 0 Å². The fourth-order valence-electron chi connectivity index (χ4n) is 4.38. The van der Waals surface area contributed by atoms with Crippen LogP contribution in [0.15, 0.2) is 36.4 Å². The largest absolute Gasteiger partial charge is 0.508 e. The highest BCUT2D eigenvalue weighted by atomic mass is 16.5. The zero-order valence-corrected chi connectivity index (χ0v) is 22.1. The molecule has 1 aliphatic heterocycles. The van der Waals surface area contributed by atoms with Crippen LogP contribution in [0.5, 0.6) is 11.5 Å². The predicted octanol–water partition coefficient (Wildman–Crippen LogP) is 1.44. The lowest BCUT2D eigenvalue weighted by Crippen LogP contribution is -2.55. The number of likely N-dealkylation sites (N-methyl/N-ethyl adjacent to an activating group) is 1. The molecule has 10 heteroatoms. The number of amides is 2. The summed E-state index contributed by atoms with van der Waals surface area (Å²) >= 11 is 0. The van der Waals surface area contributed by atoms with Gasteiger partial charge in [-0.1, -0.05) is 26.0 Å². The van der Waals surface area contributed by atoms with E-state index in [9.17, 15) is 24.6 Å². The lowest BCUT2D eigenvalue weighted by atomic mass is 9.95. The Labute approximate surface area is 222 Å². The van der Waals surface area contributed by atoms with E-state index in [0.717, 1.165) is 11.1 Å². The lowest BCUT2D eigenvalue weighted by Gasteiger charge is -2.31. The number of carbonyl (C=O) groups is 3. The highest BCUT2D eigenvalue weighted by molar-refractivity contribution is 5.92. The number of nitrogens with zero attached hydrogens (tertiary/aromatic N) is 1. The Morgan fingerprint density at radius 3 is 2.21 bits per heavy atom. The van der Waals surface area contributed by atoms with Crippen molar-refractivity contribution >= 4 is 17.8 Å². The van der Waals surface area contributed by atoms with Crippen LogP contribution < -0.4 is 16.8 Å². The average Bonchev–Trinajstić information content (AvgIpc) is 2.89. The van der Waals surface area contributed by atoms with E-state index in [2.05, 4.69) is 5.32 Å². The molecule has 7 N–H and O–H groups in total. The molecule has 1 aliphatic rings. The second kappa shape index (κ2) is 12.7. The molecule has 0 unspecified atom stereocenters. The topological polar surface area (TPSA) is 168 Å². The van der Waals surface area contributed by atoms with E-state index in [1.54, 1.807) is 24.3 Å². The number of esters is 1. The van der Waals surface area contributed by atoms with Gasteiger partial charge in [0.2, 0.25) is 11.8 Å². The lowest BCUT2D eigenvalue weighted by molar-refractivity contribution is -0.155. The number of nitrogens with one attached hydrogen (secondary N) is 1. The van der Waals surface area contributed by atoms with E-state index >= 15 is 0 Å². The molecule has 2 aromatic carbocycles. The number of phenols is 2. The maximum absolute atomic E-state index is 13.6. The molecule has 3 rings (SSSR count). The first-order chi connectivity index (χ1) is 18.0. The maximum atomic E-state index is 13.6. The van der Waals surface area contributed by atoms with Crippen molar-refractivity contribution in [3.63, 3.8) is 0 Å². The summed E-state index contributed by atoms with van der Waals surface area (Å²) in [6, 6.07) is 6.86. The molecule has 38 heavy (non-hydrogen) atoms. The summed E-state index contributed by atoms with van der Waals surface area (Å²) in [6.45, 7) is 4.28. The van der Waals surface area contributed by atoms with Gasteiger partial charge in [-0.25, -0.2) is 4.79 Å². The van der Waals surface area contributed by atoms with Gasteiger partial charge in [-0.2, -0.15) is 0 Å². The van der Waals surface area contributed by atoms with Crippen molar-refractivity contribution in [2.24, 2.45) is 17.4 Å². The Balaban J connectivity index is 2.13. The molecular weight excluding hydrogens is 488 g/mol. The number of ether oxygens (including phenoxy) is 1. The van der Waals surface area contributed by atoms with Crippen LogP contribution in [-0.2, 0) is 32.0 Å². The number of fused-ring (bicyclic) bond motifs is 5. The monoisotopic (exact) mass is 526 g/mol. The molecule has 4 bridgehead atoms. The number of hydrogen-bond donors (Lipinski definition) is 5. The van der Waals surface area contributed by atoms with Crippen LogP contribution in [0.4, 0.5) is 0 Å². The van der Waals surface area contributed by atoms with Crippen molar-refractivity contribution in [1.82, 2.24) is 10.2 Å². The number of carbonyl (C=O) groups excluding carboxylic acids is 3. The smallest absolute Gasteiger partial charge is 0.329 e. The van der Waals surface area contributed by atoms with Crippen LogP contribution in [0.1, 0.15) is 37.8 Å². The highest BCUT2D eigenvalue weighted by Crippen LogP contribution is 2.31. The molecule has 10 nitrogen and oxygen atoms in total. The molecule has 0 saturated carbocycles. The molecule has 0 fully saturated rings. The first kappa shape index (κ1) is 28.9. The Bertz CT molecular complexity index is 1170. The van der Waals surface area contributed by atoms with Crippen molar-refractivity contribution in [2.45, 2.75) is 57.7 Å². The third-order valence-electron chi connectivity index (χ3n) is 6.64.